The van der Waals surface area contributed by atoms with Crippen molar-refractivity contribution < 1.29 is 0 Å². The molecule has 1 aliphatic rings. The van der Waals surface area contributed by atoms with E-state index in [-0.39, 0.29) is 0 Å². The molecular formula is C19H25N. The third kappa shape index (κ3) is 3.21. The Bertz CT molecular complexity index is 551. The molecule has 1 heteroatoms. The molecule has 1 aliphatic carbocycles. The van der Waals surface area contributed by atoms with Crippen LogP contribution in [0.5, 0.6) is 0 Å². The van der Waals surface area contributed by atoms with Crippen molar-refractivity contribution in [2.24, 2.45) is 5.92 Å². The normalized spacial score (nSPS) is 16.4. The van der Waals surface area contributed by atoms with E-state index >= 15 is 0 Å². The number of fused-ring (bicyclic) bond motifs is 1. The van der Waals surface area contributed by atoms with Crippen molar-refractivity contribution in [3.05, 3.63) is 48.0 Å². The van der Waals surface area contributed by atoms with Gasteiger partial charge in [-0.25, -0.2) is 0 Å². The highest BCUT2D eigenvalue weighted by molar-refractivity contribution is 5.85. The molecule has 1 unspecified atom stereocenters. The van der Waals surface area contributed by atoms with Gasteiger partial charge in [0.1, 0.15) is 0 Å². The second-order valence-electron chi connectivity index (χ2n) is 6.07. The molecule has 20 heavy (non-hydrogen) atoms. The Morgan fingerprint density at radius 3 is 2.70 bits per heavy atom. The van der Waals surface area contributed by atoms with E-state index in [0.717, 1.165) is 18.5 Å². The van der Waals surface area contributed by atoms with Gasteiger partial charge in [-0.1, -0.05) is 49.4 Å². The first-order chi connectivity index (χ1) is 9.88. The van der Waals surface area contributed by atoms with Crippen molar-refractivity contribution in [1.29, 1.82) is 0 Å². The first-order valence-electron chi connectivity index (χ1n) is 8.08. The fraction of sp³-hybridized carbons (Fsp3) is 0.474. The lowest BCUT2D eigenvalue weighted by atomic mass is 9.97. The molecule has 1 fully saturated rings. The smallest absolute Gasteiger partial charge is 0.00984 e. The summed E-state index contributed by atoms with van der Waals surface area (Å²) in [7, 11) is 0. The second kappa shape index (κ2) is 6.41. The van der Waals surface area contributed by atoms with Crippen LogP contribution in [0.4, 0.5) is 0 Å². The molecule has 3 rings (SSSR count). The van der Waals surface area contributed by atoms with Crippen LogP contribution < -0.4 is 5.32 Å². The van der Waals surface area contributed by atoms with E-state index in [1.54, 1.807) is 0 Å². The van der Waals surface area contributed by atoms with Crippen LogP contribution in [0.2, 0.25) is 0 Å². The van der Waals surface area contributed by atoms with Gasteiger partial charge in [-0.3, -0.25) is 0 Å². The number of benzene rings is 2. The van der Waals surface area contributed by atoms with E-state index in [2.05, 4.69) is 54.7 Å². The van der Waals surface area contributed by atoms with Crippen molar-refractivity contribution in [3.8, 4) is 0 Å². The van der Waals surface area contributed by atoms with Gasteiger partial charge in [0.05, 0.1) is 0 Å². The van der Waals surface area contributed by atoms with Crippen molar-refractivity contribution in [2.75, 3.05) is 6.54 Å². The zero-order valence-corrected chi connectivity index (χ0v) is 12.4. The zero-order chi connectivity index (χ0) is 13.8. The highest BCUT2D eigenvalue weighted by Gasteiger charge is 2.30. The first-order valence-corrected chi connectivity index (χ1v) is 8.08. The molecule has 0 saturated heterocycles. The third-order valence-corrected chi connectivity index (χ3v) is 4.45. The number of hydrogen-bond acceptors (Lipinski definition) is 1. The quantitative estimate of drug-likeness (QED) is 0.776. The largest absolute Gasteiger partial charge is 0.314 e. The van der Waals surface area contributed by atoms with Gasteiger partial charge in [0.25, 0.3) is 0 Å². The van der Waals surface area contributed by atoms with Gasteiger partial charge in [-0.05, 0) is 60.9 Å². The summed E-state index contributed by atoms with van der Waals surface area (Å²) in [6.45, 7) is 3.42. The Kier molecular flexibility index (Phi) is 4.37. The van der Waals surface area contributed by atoms with Crippen LogP contribution in [0.15, 0.2) is 42.5 Å². The molecule has 0 heterocycles. The summed E-state index contributed by atoms with van der Waals surface area (Å²) in [5.41, 5.74) is 1.51. The van der Waals surface area contributed by atoms with Crippen molar-refractivity contribution in [2.45, 2.75) is 45.1 Å². The molecule has 1 atom stereocenters. The average molecular weight is 267 g/mol. The maximum Gasteiger partial charge on any atom is 0.00984 e. The molecule has 2 aromatic rings. The lowest BCUT2D eigenvalue weighted by Crippen LogP contribution is -2.32. The maximum absolute atomic E-state index is 3.75. The zero-order valence-electron chi connectivity index (χ0n) is 12.4. The van der Waals surface area contributed by atoms with E-state index in [0.29, 0.717) is 0 Å². The Labute approximate surface area is 122 Å². The molecule has 0 amide bonds. The molecule has 0 spiro atoms. The molecule has 0 aromatic heterocycles. The monoisotopic (exact) mass is 267 g/mol. The van der Waals surface area contributed by atoms with Gasteiger partial charge in [-0.15, -0.1) is 0 Å². The molecule has 0 bridgehead atoms. The predicted molar refractivity (Wildman–Crippen MR) is 87.1 cm³/mol. The van der Waals surface area contributed by atoms with E-state index in [4.69, 9.17) is 0 Å². The van der Waals surface area contributed by atoms with Gasteiger partial charge in [0, 0.05) is 6.04 Å². The topological polar surface area (TPSA) is 12.0 Å². The van der Waals surface area contributed by atoms with Crippen LogP contribution in [-0.2, 0) is 6.42 Å². The van der Waals surface area contributed by atoms with E-state index in [1.807, 2.05) is 0 Å². The van der Waals surface area contributed by atoms with Crippen molar-refractivity contribution in [1.82, 2.24) is 5.32 Å². The molecular weight excluding hydrogens is 242 g/mol. The number of rotatable bonds is 7. The fourth-order valence-electron chi connectivity index (χ4n) is 3.15. The molecule has 0 aliphatic heterocycles. The summed E-state index contributed by atoms with van der Waals surface area (Å²) in [5.74, 6) is 0.941. The summed E-state index contributed by atoms with van der Waals surface area (Å²) < 4.78 is 0. The Morgan fingerprint density at radius 2 is 1.90 bits per heavy atom. The summed E-state index contributed by atoms with van der Waals surface area (Å²) >= 11 is 0. The molecule has 1 nitrogen and oxygen atoms in total. The highest BCUT2D eigenvalue weighted by atomic mass is 14.9. The second-order valence-corrected chi connectivity index (χ2v) is 6.07. The predicted octanol–water partition coefficient (Wildman–Crippen LogP) is 4.55. The standard InChI is InChI=1S/C19H25N/c1-2-14-20-19(17-10-11-17)13-12-16-8-5-7-15-6-3-4-9-18(15)16/h3-9,17,19-20H,2,10-14H2,1H3. The van der Waals surface area contributed by atoms with Gasteiger partial charge in [0.2, 0.25) is 0 Å². The van der Waals surface area contributed by atoms with Crippen LogP contribution in [-0.4, -0.2) is 12.6 Å². The Hall–Kier alpha value is -1.34. The van der Waals surface area contributed by atoms with Crippen LogP contribution in [0, 0.1) is 5.92 Å². The van der Waals surface area contributed by atoms with Crippen LogP contribution in [0.1, 0.15) is 38.2 Å². The van der Waals surface area contributed by atoms with Gasteiger partial charge in [-0.2, -0.15) is 0 Å². The maximum atomic E-state index is 3.75. The minimum Gasteiger partial charge on any atom is -0.314 e. The van der Waals surface area contributed by atoms with E-state index < -0.39 is 0 Å². The third-order valence-electron chi connectivity index (χ3n) is 4.45. The number of hydrogen-bond donors (Lipinski definition) is 1. The summed E-state index contributed by atoms with van der Waals surface area (Å²) in [6, 6.07) is 16.2. The first kappa shape index (κ1) is 13.6. The summed E-state index contributed by atoms with van der Waals surface area (Å²) in [6.07, 6.45) is 6.56. The van der Waals surface area contributed by atoms with Crippen LogP contribution in [0.25, 0.3) is 10.8 Å². The summed E-state index contributed by atoms with van der Waals surface area (Å²) in [4.78, 5) is 0. The average Bonchev–Trinajstić information content (AvgIpc) is 3.32. The SMILES string of the molecule is CCCNC(CCc1cccc2ccccc12)C1CC1. The molecule has 1 N–H and O–H groups in total. The van der Waals surface area contributed by atoms with E-state index in [1.165, 1.54) is 48.4 Å². The highest BCUT2D eigenvalue weighted by Crippen LogP contribution is 2.35. The fourth-order valence-corrected chi connectivity index (χ4v) is 3.15. The van der Waals surface area contributed by atoms with Crippen molar-refractivity contribution >= 4 is 10.8 Å². The Morgan fingerprint density at radius 1 is 1.10 bits per heavy atom. The molecule has 0 radical (unpaired) electrons. The molecule has 1 saturated carbocycles. The van der Waals surface area contributed by atoms with E-state index in [9.17, 15) is 0 Å². The van der Waals surface area contributed by atoms with Crippen LogP contribution >= 0.6 is 0 Å². The minimum absolute atomic E-state index is 0.730. The van der Waals surface area contributed by atoms with Crippen molar-refractivity contribution in [3.63, 3.8) is 0 Å². The van der Waals surface area contributed by atoms with Gasteiger partial charge in [0.15, 0.2) is 0 Å². The number of aryl methyl sites for hydroxylation is 1. The lowest BCUT2D eigenvalue weighted by Gasteiger charge is -2.18. The van der Waals surface area contributed by atoms with Crippen LogP contribution in [0.3, 0.4) is 0 Å². The van der Waals surface area contributed by atoms with Gasteiger partial charge >= 0.3 is 0 Å². The molecule has 2 aromatic carbocycles. The Balaban J connectivity index is 1.69. The van der Waals surface area contributed by atoms with Gasteiger partial charge < -0.3 is 5.32 Å². The lowest BCUT2D eigenvalue weighted by molar-refractivity contribution is 0.436. The minimum atomic E-state index is 0.730. The summed E-state index contributed by atoms with van der Waals surface area (Å²) in [5, 5.41) is 6.55. The molecule has 106 valence electrons. The number of nitrogens with one attached hydrogen (secondary N) is 1.